The normalized spacial score (nSPS) is 11.4. The number of Topliss-reactive ketones (excluding diaryl/α,β-unsaturated/α-hetero) is 1. The van der Waals surface area contributed by atoms with Crippen LogP contribution in [0.2, 0.25) is 0 Å². The van der Waals surface area contributed by atoms with Crippen molar-refractivity contribution in [1.29, 1.82) is 0 Å². The molecule has 0 aliphatic rings. The molecule has 3 N–H and O–H groups in total. The van der Waals surface area contributed by atoms with Crippen LogP contribution < -0.4 is 25.3 Å². The highest BCUT2D eigenvalue weighted by Crippen LogP contribution is 2.27. The lowest BCUT2D eigenvalue weighted by Crippen LogP contribution is -2.41. The maximum absolute atomic E-state index is 13.2. The van der Waals surface area contributed by atoms with Crippen molar-refractivity contribution in [1.82, 2.24) is 15.5 Å². The number of nitrogens with two attached hydrogens (primary N) is 1. The number of aromatic nitrogens is 2. The van der Waals surface area contributed by atoms with E-state index in [-0.39, 0.29) is 18.3 Å². The summed E-state index contributed by atoms with van der Waals surface area (Å²) in [4.78, 5) is 30.0. The largest absolute Gasteiger partial charge is 0.493 e. The van der Waals surface area contributed by atoms with Gasteiger partial charge in [-0.3, -0.25) is 4.79 Å². The smallest absolute Gasteiger partial charge is 0.408 e. The molecular formula is C33H38N4O7. The number of hydrogen-bond acceptors (Lipinski definition) is 10. The summed E-state index contributed by atoms with van der Waals surface area (Å²) < 4.78 is 27.2. The zero-order valence-electron chi connectivity index (χ0n) is 25.0. The molecule has 4 aromatic rings. The van der Waals surface area contributed by atoms with Crippen LogP contribution in [0.15, 0.2) is 77.3 Å². The number of nitrogens with one attached hydrogen (secondary N) is 1. The highest BCUT2D eigenvalue weighted by atomic mass is 16.5. The van der Waals surface area contributed by atoms with Crippen LogP contribution in [0, 0.1) is 0 Å². The van der Waals surface area contributed by atoms with Crippen molar-refractivity contribution < 1.29 is 33.1 Å². The second kappa shape index (κ2) is 16.7. The standard InChI is InChI=1S/C33H38N4O7/c1-40-28-16-13-24(20-29(28)41-2)17-19-42-26-14-11-23(12-15-26)21-30-36-32(37-44-30)31(38)27(10-6-7-18-34)35-33(39)43-22-25-8-4-3-5-9-25/h3-5,8-9,11-16,20,27H,6-7,10,17-19,21-22,34H2,1-2H3,(H,35,39)/t27-/m0/s1. The fraction of sp³-hybridized carbons (Fsp3) is 0.333. The number of rotatable bonds is 17. The van der Waals surface area contributed by atoms with Crippen LogP contribution in [0.4, 0.5) is 4.79 Å². The second-order valence-electron chi connectivity index (χ2n) is 10.0. The highest BCUT2D eigenvalue weighted by Gasteiger charge is 2.27. The number of ketones is 1. The van der Waals surface area contributed by atoms with E-state index in [1.807, 2.05) is 72.8 Å². The van der Waals surface area contributed by atoms with Gasteiger partial charge in [-0.15, -0.1) is 0 Å². The van der Waals surface area contributed by atoms with Crippen LogP contribution >= 0.6 is 0 Å². The molecule has 0 aliphatic heterocycles. The third kappa shape index (κ3) is 9.56. The number of methoxy groups -OCH3 is 2. The predicted octanol–water partition coefficient (Wildman–Crippen LogP) is 4.91. The minimum atomic E-state index is -0.870. The summed E-state index contributed by atoms with van der Waals surface area (Å²) in [5.74, 6) is 1.82. The Hall–Kier alpha value is -4.90. The van der Waals surface area contributed by atoms with Gasteiger partial charge in [-0.25, -0.2) is 4.79 Å². The fourth-order valence-corrected chi connectivity index (χ4v) is 4.45. The zero-order valence-corrected chi connectivity index (χ0v) is 25.0. The molecule has 0 radical (unpaired) electrons. The van der Waals surface area contributed by atoms with Gasteiger partial charge in [0, 0.05) is 6.42 Å². The molecule has 4 rings (SSSR count). The molecule has 11 nitrogen and oxygen atoms in total. The Morgan fingerprint density at radius 3 is 2.39 bits per heavy atom. The summed E-state index contributed by atoms with van der Waals surface area (Å²) in [5.41, 5.74) is 8.43. The number of ether oxygens (including phenoxy) is 4. The van der Waals surface area contributed by atoms with Crippen molar-refractivity contribution in [2.24, 2.45) is 5.73 Å². The summed E-state index contributed by atoms with van der Waals surface area (Å²) in [6.07, 6.45) is 2.05. The van der Waals surface area contributed by atoms with Crippen molar-refractivity contribution in [3.05, 3.63) is 101 Å². The average Bonchev–Trinajstić information content (AvgIpc) is 3.52. The van der Waals surface area contributed by atoms with E-state index in [0.29, 0.717) is 56.8 Å². The van der Waals surface area contributed by atoms with E-state index >= 15 is 0 Å². The van der Waals surface area contributed by atoms with E-state index in [0.717, 1.165) is 22.4 Å². The van der Waals surface area contributed by atoms with E-state index in [1.165, 1.54) is 0 Å². The van der Waals surface area contributed by atoms with Crippen LogP contribution in [0.1, 0.15) is 52.5 Å². The summed E-state index contributed by atoms with van der Waals surface area (Å²) in [6, 6.07) is 21.7. The van der Waals surface area contributed by atoms with Crippen LogP contribution in [0.5, 0.6) is 17.2 Å². The van der Waals surface area contributed by atoms with E-state index < -0.39 is 17.9 Å². The Bertz CT molecular complexity index is 1480. The van der Waals surface area contributed by atoms with Gasteiger partial charge in [0.15, 0.2) is 11.5 Å². The third-order valence-electron chi connectivity index (χ3n) is 6.84. The van der Waals surface area contributed by atoms with Crippen molar-refractivity contribution in [3.63, 3.8) is 0 Å². The number of carbonyl (C=O) groups excluding carboxylic acids is 2. The summed E-state index contributed by atoms with van der Waals surface area (Å²) in [7, 11) is 3.22. The number of nitrogens with zero attached hydrogens (tertiary/aromatic N) is 2. The Morgan fingerprint density at radius 1 is 0.909 bits per heavy atom. The van der Waals surface area contributed by atoms with Gasteiger partial charge in [0.05, 0.1) is 33.3 Å². The monoisotopic (exact) mass is 602 g/mol. The van der Waals surface area contributed by atoms with E-state index in [4.69, 9.17) is 29.2 Å². The molecule has 1 atom stereocenters. The lowest BCUT2D eigenvalue weighted by molar-refractivity contribution is 0.0896. The molecule has 1 aromatic heterocycles. The van der Waals surface area contributed by atoms with Crippen molar-refractivity contribution in [2.45, 2.75) is 44.8 Å². The minimum absolute atomic E-state index is 0.0878. The molecule has 11 heteroatoms. The van der Waals surface area contributed by atoms with Gasteiger partial charge in [-0.1, -0.05) is 53.7 Å². The van der Waals surface area contributed by atoms with Gasteiger partial charge in [-0.2, -0.15) is 4.98 Å². The second-order valence-corrected chi connectivity index (χ2v) is 10.0. The van der Waals surface area contributed by atoms with Gasteiger partial charge in [0.25, 0.3) is 0 Å². The van der Waals surface area contributed by atoms with Crippen LogP contribution in [-0.2, 0) is 24.2 Å². The summed E-state index contributed by atoms with van der Waals surface area (Å²) in [5, 5.41) is 6.53. The van der Waals surface area contributed by atoms with Gasteiger partial charge in [0.1, 0.15) is 12.4 Å². The average molecular weight is 603 g/mol. The molecule has 0 aliphatic carbocycles. The van der Waals surface area contributed by atoms with Crippen LogP contribution in [0.3, 0.4) is 0 Å². The Morgan fingerprint density at radius 2 is 1.66 bits per heavy atom. The number of amides is 1. The third-order valence-corrected chi connectivity index (χ3v) is 6.84. The molecule has 3 aromatic carbocycles. The topological polar surface area (TPSA) is 148 Å². The fourth-order valence-electron chi connectivity index (χ4n) is 4.45. The SMILES string of the molecule is COc1ccc(CCOc2ccc(Cc3nc(C(=O)[C@H](CCCCN)NC(=O)OCc4ccccc4)no3)cc2)cc1OC. The maximum atomic E-state index is 13.2. The van der Waals surface area contributed by atoms with Crippen molar-refractivity contribution in [2.75, 3.05) is 27.4 Å². The molecule has 0 spiro atoms. The van der Waals surface area contributed by atoms with E-state index in [9.17, 15) is 9.59 Å². The van der Waals surface area contributed by atoms with E-state index in [1.54, 1.807) is 14.2 Å². The van der Waals surface area contributed by atoms with E-state index in [2.05, 4.69) is 15.5 Å². The summed E-state index contributed by atoms with van der Waals surface area (Å²) in [6.45, 7) is 1.06. The van der Waals surface area contributed by atoms with Crippen LogP contribution in [0.25, 0.3) is 0 Å². The first kappa shape index (κ1) is 32.0. The number of benzene rings is 3. The van der Waals surface area contributed by atoms with Gasteiger partial charge >= 0.3 is 6.09 Å². The van der Waals surface area contributed by atoms with Crippen LogP contribution in [-0.4, -0.2) is 55.4 Å². The van der Waals surface area contributed by atoms with Gasteiger partial charge < -0.3 is 34.5 Å². The number of alkyl carbamates (subject to hydrolysis) is 1. The van der Waals surface area contributed by atoms with Crippen molar-refractivity contribution >= 4 is 11.9 Å². The molecule has 44 heavy (non-hydrogen) atoms. The lowest BCUT2D eigenvalue weighted by atomic mass is 10.0. The molecule has 0 saturated heterocycles. The number of carbonyl (C=O) groups is 2. The number of hydrogen-bond donors (Lipinski definition) is 2. The molecule has 0 bridgehead atoms. The maximum Gasteiger partial charge on any atom is 0.408 e. The summed E-state index contributed by atoms with van der Waals surface area (Å²) >= 11 is 0. The Labute approximate surface area is 256 Å². The molecular weight excluding hydrogens is 564 g/mol. The quantitative estimate of drug-likeness (QED) is 0.126. The first-order chi connectivity index (χ1) is 21.5. The molecule has 0 unspecified atom stereocenters. The highest BCUT2D eigenvalue weighted by molar-refractivity contribution is 5.98. The zero-order chi connectivity index (χ0) is 31.1. The van der Waals surface area contributed by atoms with Gasteiger partial charge in [0.2, 0.25) is 17.5 Å². The van der Waals surface area contributed by atoms with Crippen molar-refractivity contribution in [3.8, 4) is 17.2 Å². The lowest BCUT2D eigenvalue weighted by Gasteiger charge is -2.16. The Kier molecular flexibility index (Phi) is 12.1. The first-order valence-electron chi connectivity index (χ1n) is 14.5. The molecule has 232 valence electrons. The Balaban J connectivity index is 1.29. The molecule has 1 amide bonds. The molecule has 0 saturated carbocycles. The first-order valence-corrected chi connectivity index (χ1v) is 14.5. The van der Waals surface area contributed by atoms with Gasteiger partial charge in [-0.05, 0) is 66.8 Å². The predicted molar refractivity (Wildman–Crippen MR) is 163 cm³/mol. The molecule has 1 heterocycles. The minimum Gasteiger partial charge on any atom is -0.493 e. The number of unbranched alkanes of at least 4 members (excludes halogenated alkanes) is 1. The molecule has 0 fully saturated rings.